The van der Waals surface area contributed by atoms with Crippen LogP contribution in [0.3, 0.4) is 0 Å². The smallest absolute Gasteiger partial charge is 0.204 e. The number of furan rings is 1. The number of hydrogen-bond donors (Lipinski definition) is 0. The number of para-hydroxylation sites is 1. The molecule has 18 heavy (non-hydrogen) atoms. The van der Waals surface area contributed by atoms with E-state index in [0.29, 0.717) is 5.76 Å². The van der Waals surface area contributed by atoms with E-state index in [9.17, 15) is 4.79 Å². The molecule has 1 aromatic carbocycles. The molecule has 4 nitrogen and oxygen atoms in total. The maximum Gasteiger partial charge on any atom is 0.204 e. The van der Waals surface area contributed by atoms with Crippen LogP contribution in [0.2, 0.25) is 0 Å². The molecular weight excluding hydrogens is 228 g/mol. The lowest BCUT2D eigenvalue weighted by Gasteiger charge is -1.93. The van der Waals surface area contributed by atoms with Crippen molar-refractivity contribution < 1.29 is 9.21 Å². The van der Waals surface area contributed by atoms with Gasteiger partial charge in [0.05, 0.1) is 12.1 Å². The minimum atomic E-state index is -0.0510. The summed E-state index contributed by atoms with van der Waals surface area (Å²) < 4.78 is 7.21. The number of carbonyl (C=O) groups is 1. The van der Waals surface area contributed by atoms with Crippen LogP contribution in [0, 0.1) is 0 Å². The normalized spacial score (nSPS) is 10.9. The van der Waals surface area contributed by atoms with Gasteiger partial charge in [-0.2, -0.15) is 5.10 Å². The third-order valence-corrected chi connectivity index (χ3v) is 2.81. The Morgan fingerprint density at radius 1 is 1.33 bits per heavy atom. The molecule has 3 aromatic rings. The Bertz CT molecular complexity index is 676. The molecule has 0 bridgehead atoms. The molecule has 90 valence electrons. The van der Waals surface area contributed by atoms with Gasteiger partial charge in [-0.1, -0.05) is 18.2 Å². The molecule has 0 atom stereocenters. The summed E-state index contributed by atoms with van der Waals surface area (Å²) in [7, 11) is 1.83. The number of aryl methyl sites for hydroxylation is 1. The monoisotopic (exact) mass is 240 g/mol. The van der Waals surface area contributed by atoms with Gasteiger partial charge in [0.2, 0.25) is 5.78 Å². The number of carbonyl (C=O) groups excluding carboxylic acids is 1. The first-order valence-corrected chi connectivity index (χ1v) is 5.73. The van der Waals surface area contributed by atoms with Crippen LogP contribution in [0.25, 0.3) is 11.0 Å². The molecule has 2 aromatic heterocycles. The molecule has 0 aliphatic heterocycles. The van der Waals surface area contributed by atoms with Crippen LogP contribution in [0.1, 0.15) is 16.2 Å². The summed E-state index contributed by atoms with van der Waals surface area (Å²) >= 11 is 0. The quantitative estimate of drug-likeness (QED) is 0.661. The average Bonchev–Trinajstić information content (AvgIpc) is 2.95. The van der Waals surface area contributed by atoms with E-state index in [1.165, 1.54) is 0 Å². The van der Waals surface area contributed by atoms with Gasteiger partial charge in [-0.25, -0.2) is 0 Å². The van der Waals surface area contributed by atoms with Gasteiger partial charge in [0.15, 0.2) is 5.76 Å². The van der Waals surface area contributed by atoms with Gasteiger partial charge in [0, 0.05) is 18.6 Å². The summed E-state index contributed by atoms with van der Waals surface area (Å²) in [5.74, 6) is 0.340. The predicted octanol–water partition coefficient (Wildman–Crippen LogP) is 2.59. The number of nitrogens with zero attached hydrogens (tertiary/aromatic N) is 2. The average molecular weight is 240 g/mol. The van der Waals surface area contributed by atoms with E-state index in [0.717, 1.165) is 16.7 Å². The number of Topliss-reactive ketones (excluding diaryl/α,β-unsaturated/α-hetero) is 1. The first-order valence-electron chi connectivity index (χ1n) is 5.73. The number of rotatable bonds is 3. The summed E-state index contributed by atoms with van der Waals surface area (Å²) in [6.45, 7) is 0. The topological polar surface area (TPSA) is 48.0 Å². The zero-order valence-electron chi connectivity index (χ0n) is 9.96. The van der Waals surface area contributed by atoms with Crippen molar-refractivity contribution in [3.05, 3.63) is 54.0 Å². The second kappa shape index (κ2) is 4.14. The van der Waals surface area contributed by atoms with Gasteiger partial charge in [0.25, 0.3) is 0 Å². The van der Waals surface area contributed by atoms with E-state index < -0.39 is 0 Å². The molecule has 0 amide bonds. The van der Waals surface area contributed by atoms with Crippen LogP contribution in [0.4, 0.5) is 0 Å². The van der Waals surface area contributed by atoms with Crippen molar-refractivity contribution in [2.24, 2.45) is 7.05 Å². The third-order valence-electron chi connectivity index (χ3n) is 2.81. The molecule has 0 saturated heterocycles. The molecule has 3 rings (SSSR count). The Balaban J connectivity index is 1.87. The maximum absolute atomic E-state index is 12.0. The minimum Gasteiger partial charge on any atom is -0.453 e. The summed E-state index contributed by atoms with van der Waals surface area (Å²) in [4.78, 5) is 12.0. The van der Waals surface area contributed by atoms with Gasteiger partial charge in [-0.15, -0.1) is 0 Å². The first kappa shape index (κ1) is 10.8. The highest BCUT2D eigenvalue weighted by molar-refractivity contribution is 5.98. The fraction of sp³-hybridized carbons (Fsp3) is 0.143. The molecule has 0 saturated carbocycles. The summed E-state index contributed by atoms with van der Waals surface area (Å²) in [5.41, 5.74) is 1.49. The second-order valence-electron chi connectivity index (χ2n) is 4.23. The molecule has 0 N–H and O–H groups in total. The van der Waals surface area contributed by atoms with E-state index in [2.05, 4.69) is 5.10 Å². The lowest BCUT2D eigenvalue weighted by molar-refractivity contribution is 0.0967. The summed E-state index contributed by atoms with van der Waals surface area (Å²) in [5, 5.41) is 5.13. The van der Waals surface area contributed by atoms with E-state index in [-0.39, 0.29) is 12.2 Å². The lowest BCUT2D eigenvalue weighted by Crippen LogP contribution is -2.03. The van der Waals surface area contributed by atoms with E-state index in [1.807, 2.05) is 43.6 Å². The molecule has 0 spiro atoms. The third kappa shape index (κ3) is 1.93. The van der Waals surface area contributed by atoms with Crippen molar-refractivity contribution in [1.29, 1.82) is 0 Å². The largest absolute Gasteiger partial charge is 0.453 e. The second-order valence-corrected chi connectivity index (χ2v) is 4.23. The first-order chi connectivity index (χ1) is 8.72. The van der Waals surface area contributed by atoms with Gasteiger partial charge in [0.1, 0.15) is 5.58 Å². The van der Waals surface area contributed by atoms with Crippen LogP contribution in [0.15, 0.2) is 47.0 Å². The molecule has 0 aliphatic rings. The van der Waals surface area contributed by atoms with Gasteiger partial charge in [-0.3, -0.25) is 9.48 Å². The van der Waals surface area contributed by atoms with Gasteiger partial charge < -0.3 is 4.42 Å². The van der Waals surface area contributed by atoms with Crippen molar-refractivity contribution in [1.82, 2.24) is 9.78 Å². The van der Waals surface area contributed by atoms with E-state index >= 15 is 0 Å². The summed E-state index contributed by atoms with van der Waals surface area (Å²) in [6.07, 6.45) is 2.09. The summed E-state index contributed by atoms with van der Waals surface area (Å²) in [6, 6.07) is 11.2. The predicted molar refractivity (Wildman–Crippen MR) is 67.5 cm³/mol. The van der Waals surface area contributed by atoms with E-state index in [4.69, 9.17) is 4.42 Å². The Labute approximate surface area is 104 Å². The van der Waals surface area contributed by atoms with Crippen LogP contribution in [-0.4, -0.2) is 15.6 Å². The molecule has 0 radical (unpaired) electrons. The fourth-order valence-electron chi connectivity index (χ4n) is 1.93. The maximum atomic E-state index is 12.0. The van der Waals surface area contributed by atoms with Crippen molar-refractivity contribution >= 4 is 16.8 Å². The SMILES string of the molecule is Cn1ccc(CC(=O)c2cc3ccccc3o2)n1. The number of ketones is 1. The van der Waals surface area contributed by atoms with Gasteiger partial charge in [-0.05, 0) is 18.2 Å². The van der Waals surface area contributed by atoms with Crippen molar-refractivity contribution in [3.63, 3.8) is 0 Å². The van der Waals surface area contributed by atoms with E-state index in [1.54, 1.807) is 10.7 Å². The Kier molecular flexibility index (Phi) is 2.48. The Morgan fingerprint density at radius 2 is 2.17 bits per heavy atom. The highest BCUT2D eigenvalue weighted by atomic mass is 16.3. The van der Waals surface area contributed by atoms with Crippen LogP contribution >= 0.6 is 0 Å². The Hall–Kier alpha value is -2.36. The van der Waals surface area contributed by atoms with Crippen LogP contribution < -0.4 is 0 Å². The van der Waals surface area contributed by atoms with Crippen LogP contribution in [-0.2, 0) is 13.5 Å². The number of hydrogen-bond acceptors (Lipinski definition) is 3. The molecule has 0 fully saturated rings. The molecule has 0 aliphatic carbocycles. The standard InChI is InChI=1S/C14H12N2O2/c1-16-7-6-11(15-16)9-12(17)14-8-10-4-2-3-5-13(10)18-14/h2-8H,9H2,1H3. The number of aromatic nitrogens is 2. The molecule has 2 heterocycles. The Morgan fingerprint density at radius 3 is 2.89 bits per heavy atom. The highest BCUT2D eigenvalue weighted by Crippen LogP contribution is 2.19. The van der Waals surface area contributed by atoms with Crippen molar-refractivity contribution in [2.75, 3.05) is 0 Å². The fourth-order valence-corrected chi connectivity index (χ4v) is 1.93. The molecule has 4 heteroatoms. The zero-order chi connectivity index (χ0) is 12.5. The van der Waals surface area contributed by atoms with Crippen molar-refractivity contribution in [3.8, 4) is 0 Å². The van der Waals surface area contributed by atoms with Gasteiger partial charge >= 0.3 is 0 Å². The highest BCUT2D eigenvalue weighted by Gasteiger charge is 2.13. The minimum absolute atomic E-state index is 0.0510. The lowest BCUT2D eigenvalue weighted by atomic mass is 10.1. The van der Waals surface area contributed by atoms with Crippen molar-refractivity contribution in [2.45, 2.75) is 6.42 Å². The number of fused-ring (bicyclic) bond motifs is 1. The molecular formula is C14H12N2O2. The zero-order valence-corrected chi connectivity index (χ0v) is 9.96. The molecule has 0 unspecified atom stereocenters. The van der Waals surface area contributed by atoms with Crippen LogP contribution in [0.5, 0.6) is 0 Å². The number of benzene rings is 1.